The Bertz CT molecular complexity index is 1360. The number of carbonyl (C=O) groups excluding carboxylic acids is 3. The standard InChI is InChI=1S/C25H27Cl2N5O4S2/c1-3-32-19(12-28-22(34)14-9-10-16(26)17(27)11-14)30-31-25(32)37-13-20(33)29-23-21(24(35)36-4-2)15-7-5-6-8-18(15)38-23/h9-11H,3-8,12-13H2,1-2H3,(H,28,34)(H,29,33). The normalized spacial score (nSPS) is 12.6. The molecule has 0 fully saturated rings. The van der Waals surface area contributed by atoms with Gasteiger partial charge in [0.1, 0.15) is 5.00 Å². The Hall–Kier alpha value is -2.60. The molecule has 2 N–H and O–H groups in total. The Balaban J connectivity index is 1.38. The van der Waals surface area contributed by atoms with Crippen molar-refractivity contribution in [2.24, 2.45) is 0 Å². The Morgan fingerprint density at radius 3 is 2.66 bits per heavy atom. The van der Waals surface area contributed by atoms with Gasteiger partial charge in [-0.2, -0.15) is 0 Å². The van der Waals surface area contributed by atoms with E-state index in [2.05, 4.69) is 20.8 Å². The minimum atomic E-state index is -0.395. The number of nitrogens with zero attached hydrogens (tertiary/aromatic N) is 3. The highest BCUT2D eigenvalue weighted by Crippen LogP contribution is 2.38. The summed E-state index contributed by atoms with van der Waals surface area (Å²) < 4.78 is 7.10. The summed E-state index contributed by atoms with van der Waals surface area (Å²) in [4.78, 5) is 39.1. The first-order valence-electron chi connectivity index (χ1n) is 12.2. The number of esters is 1. The van der Waals surface area contributed by atoms with Gasteiger partial charge in [0.25, 0.3) is 5.91 Å². The Morgan fingerprint density at radius 1 is 1.13 bits per heavy atom. The van der Waals surface area contributed by atoms with E-state index in [-0.39, 0.29) is 30.7 Å². The number of carbonyl (C=O) groups is 3. The fourth-order valence-electron chi connectivity index (χ4n) is 4.14. The molecular formula is C25H27Cl2N5O4S2. The molecule has 1 aliphatic carbocycles. The summed E-state index contributed by atoms with van der Waals surface area (Å²) in [6, 6.07) is 4.65. The number of aromatic nitrogens is 3. The zero-order valence-corrected chi connectivity index (χ0v) is 24.1. The fraction of sp³-hybridized carbons (Fsp3) is 0.400. The maximum atomic E-state index is 12.8. The van der Waals surface area contributed by atoms with Crippen LogP contribution in [0.15, 0.2) is 23.4 Å². The van der Waals surface area contributed by atoms with Crippen LogP contribution in [0.25, 0.3) is 0 Å². The molecule has 0 atom stereocenters. The number of rotatable bonds is 10. The maximum absolute atomic E-state index is 12.8. The molecule has 38 heavy (non-hydrogen) atoms. The van der Waals surface area contributed by atoms with Gasteiger partial charge < -0.3 is 19.9 Å². The highest BCUT2D eigenvalue weighted by Gasteiger charge is 2.27. The van der Waals surface area contributed by atoms with Crippen LogP contribution in [0.4, 0.5) is 5.00 Å². The Morgan fingerprint density at radius 2 is 1.92 bits per heavy atom. The lowest BCUT2D eigenvalue weighted by atomic mass is 9.95. The average molecular weight is 597 g/mol. The summed E-state index contributed by atoms with van der Waals surface area (Å²) in [5.41, 5.74) is 1.87. The van der Waals surface area contributed by atoms with Crippen LogP contribution < -0.4 is 10.6 Å². The Labute approximate surface area is 238 Å². The second-order valence-electron chi connectivity index (χ2n) is 8.43. The molecule has 0 spiro atoms. The van der Waals surface area contributed by atoms with Crippen LogP contribution in [-0.2, 0) is 35.5 Å². The molecule has 9 nitrogen and oxygen atoms in total. The summed E-state index contributed by atoms with van der Waals surface area (Å²) in [6.45, 7) is 4.67. The lowest BCUT2D eigenvalue weighted by Gasteiger charge is -2.12. The maximum Gasteiger partial charge on any atom is 0.341 e. The van der Waals surface area contributed by atoms with Crippen LogP contribution in [0.1, 0.15) is 63.7 Å². The van der Waals surface area contributed by atoms with Crippen LogP contribution in [0.3, 0.4) is 0 Å². The summed E-state index contributed by atoms with van der Waals surface area (Å²) in [5.74, 6) is -0.330. The predicted molar refractivity (Wildman–Crippen MR) is 150 cm³/mol. The zero-order chi connectivity index (χ0) is 27.2. The molecule has 2 amide bonds. The predicted octanol–water partition coefficient (Wildman–Crippen LogP) is 5.38. The number of anilines is 1. The van der Waals surface area contributed by atoms with Gasteiger partial charge in [-0.3, -0.25) is 9.59 Å². The molecule has 2 heterocycles. The second-order valence-corrected chi connectivity index (χ2v) is 11.3. The number of benzene rings is 1. The van der Waals surface area contributed by atoms with Crippen molar-refractivity contribution in [1.82, 2.24) is 20.1 Å². The van der Waals surface area contributed by atoms with Crippen LogP contribution in [0, 0.1) is 0 Å². The third-order valence-corrected chi connectivity index (χ3v) is 8.85. The van der Waals surface area contributed by atoms with E-state index in [1.807, 2.05) is 11.5 Å². The van der Waals surface area contributed by atoms with Crippen molar-refractivity contribution in [3.63, 3.8) is 0 Å². The number of fused-ring (bicyclic) bond motifs is 1. The van der Waals surface area contributed by atoms with Crippen molar-refractivity contribution in [1.29, 1.82) is 0 Å². The van der Waals surface area contributed by atoms with Gasteiger partial charge in [0.15, 0.2) is 11.0 Å². The summed E-state index contributed by atoms with van der Waals surface area (Å²) in [5, 5.41) is 15.9. The van der Waals surface area contributed by atoms with Crippen molar-refractivity contribution >= 4 is 69.1 Å². The molecular weight excluding hydrogens is 569 g/mol. The lowest BCUT2D eigenvalue weighted by Crippen LogP contribution is -2.24. The molecule has 0 saturated heterocycles. The van der Waals surface area contributed by atoms with E-state index in [4.69, 9.17) is 27.9 Å². The number of ether oxygens (including phenoxy) is 1. The number of nitrogens with one attached hydrogen (secondary N) is 2. The molecule has 4 rings (SSSR count). The molecule has 1 aromatic carbocycles. The van der Waals surface area contributed by atoms with Crippen molar-refractivity contribution in [3.8, 4) is 0 Å². The van der Waals surface area contributed by atoms with Crippen LogP contribution in [0.5, 0.6) is 0 Å². The van der Waals surface area contributed by atoms with Crippen molar-refractivity contribution < 1.29 is 19.1 Å². The first-order valence-corrected chi connectivity index (χ1v) is 14.8. The fourth-order valence-corrected chi connectivity index (χ4v) is 6.55. The lowest BCUT2D eigenvalue weighted by molar-refractivity contribution is -0.113. The van der Waals surface area contributed by atoms with E-state index in [0.717, 1.165) is 36.1 Å². The monoisotopic (exact) mass is 595 g/mol. The van der Waals surface area contributed by atoms with Gasteiger partial charge in [-0.1, -0.05) is 35.0 Å². The van der Waals surface area contributed by atoms with E-state index in [0.29, 0.717) is 43.7 Å². The van der Waals surface area contributed by atoms with Crippen LogP contribution in [-0.4, -0.2) is 44.9 Å². The van der Waals surface area contributed by atoms with Gasteiger partial charge in [0.2, 0.25) is 5.91 Å². The number of thioether (sulfide) groups is 1. The summed E-state index contributed by atoms with van der Waals surface area (Å²) in [6.07, 6.45) is 3.81. The zero-order valence-electron chi connectivity index (χ0n) is 20.9. The molecule has 202 valence electrons. The summed E-state index contributed by atoms with van der Waals surface area (Å²) >= 11 is 14.6. The van der Waals surface area contributed by atoms with Crippen LogP contribution >= 0.6 is 46.3 Å². The minimum Gasteiger partial charge on any atom is -0.462 e. The van der Waals surface area contributed by atoms with Gasteiger partial charge >= 0.3 is 5.97 Å². The molecule has 0 aliphatic heterocycles. The van der Waals surface area contributed by atoms with Gasteiger partial charge in [-0.05, 0) is 63.3 Å². The third kappa shape index (κ3) is 6.51. The van der Waals surface area contributed by atoms with E-state index >= 15 is 0 Å². The number of halogens is 2. The topological polar surface area (TPSA) is 115 Å². The second kappa shape index (κ2) is 13.0. The van der Waals surface area contributed by atoms with Crippen molar-refractivity contribution in [2.45, 2.75) is 57.8 Å². The van der Waals surface area contributed by atoms with Crippen LogP contribution in [0.2, 0.25) is 10.0 Å². The molecule has 2 aromatic heterocycles. The quantitative estimate of drug-likeness (QED) is 0.239. The molecule has 0 unspecified atom stereocenters. The van der Waals surface area contributed by atoms with E-state index < -0.39 is 5.97 Å². The number of aryl methyl sites for hydroxylation is 1. The molecule has 13 heteroatoms. The number of hydrogen-bond acceptors (Lipinski definition) is 8. The van der Waals surface area contributed by atoms with Crippen molar-refractivity contribution in [2.75, 3.05) is 17.7 Å². The van der Waals surface area contributed by atoms with Gasteiger partial charge in [0.05, 0.1) is 34.5 Å². The van der Waals surface area contributed by atoms with E-state index in [1.54, 1.807) is 19.1 Å². The highest BCUT2D eigenvalue weighted by atomic mass is 35.5. The first-order chi connectivity index (χ1) is 18.3. The smallest absolute Gasteiger partial charge is 0.341 e. The number of hydrogen-bond donors (Lipinski definition) is 2. The number of amides is 2. The molecule has 1 aliphatic rings. The van der Waals surface area contributed by atoms with Gasteiger partial charge in [-0.15, -0.1) is 21.5 Å². The highest BCUT2D eigenvalue weighted by molar-refractivity contribution is 7.99. The largest absolute Gasteiger partial charge is 0.462 e. The van der Waals surface area contributed by atoms with Gasteiger partial charge in [-0.25, -0.2) is 4.79 Å². The molecule has 3 aromatic rings. The molecule has 0 saturated carbocycles. The van der Waals surface area contributed by atoms with Gasteiger partial charge in [0, 0.05) is 17.0 Å². The SMILES string of the molecule is CCOC(=O)c1c(NC(=O)CSc2nnc(CNC(=O)c3ccc(Cl)c(Cl)c3)n2CC)sc2c1CCCC2. The first kappa shape index (κ1) is 28.4. The van der Waals surface area contributed by atoms with Crippen molar-refractivity contribution in [3.05, 3.63) is 55.6 Å². The number of thiophene rings is 1. The molecule has 0 bridgehead atoms. The van der Waals surface area contributed by atoms with E-state index in [1.165, 1.54) is 29.2 Å². The minimum absolute atomic E-state index is 0.0819. The molecule has 0 radical (unpaired) electrons. The summed E-state index contributed by atoms with van der Waals surface area (Å²) in [7, 11) is 0. The Kier molecular flexibility index (Phi) is 9.69. The third-order valence-electron chi connectivity index (χ3n) is 5.93. The average Bonchev–Trinajstić information content (AvgIpc) is 3.47. The van der Waals surface area contributed by atoms with E-state index in [9.17, 15) is 14.4 Å².